The number of rotatable bonds is 5. The maximum absolute atomic E-state index is 12.3. The number of nitrogens with two attached hydrogens (primary N) is 1. The van der Waals surface area contributed by atoms with Crippen molar-refractivity contribution < 1.29 is 14.3 Å². The van der Waals surface area contributed by atoms with Crippen molar-refractivity contribution in [3.8, 4) is 5.75 Å². The summed E-state index contributed by atoms with van der Waals surface area (Å²) in [5.74, 6) is -0.509. The lowest BCUT2D eigenvalue weighted by molar-refractivity contribution is -0.143. The topological polar surface area (TPSA) is 88.4 Å². The van der Waals surface area contributed by atoms with E-state index in [1.807, 2.05) is 24.4 Å². The van der Waals surface area contributed by atoms with Gasteiger partial charge in [-0.05, 0) is 43.0 Å². The number of likely N-dealkylation sites (tertiary alicyclic amines) is 1. The van der Waals surface area contributed by atoms with E-state index < -0.39 is 11.8 Å². The molecule has 2 heterocycles. The van der Waals surface area contributed by atoms with Crippen LogP contribution in [0.15, 0.2) is 24.4 Å². The minimum absolute atomic E-state index is 0.138. The Balaban J connectivity index is 1.73. The zero-order valence-corrected chi connectivity index (χ0v) is 13.2. The van der Waals surface area contributed by atoms with Crippen molar-refractivity contribution in [2.75, 3.05) is 20.2 Å². The molecule has 3 N–H and O–H groups in total. The van der Waals surface area contributed by atoms with Gasteiger partial charge in [0.15, 0.2) is 0 Å². The largest absolute Gasteiger partial charge is 0.497 e. The number of carbonyl (C=O) groups is 2. The van der Waals surface area contributed by atoms with E-state index in [2.05, 4.69) is 4.98 Å². The molecule has 1 atom stereocenters. The number of primary amides is 1. The molecule has 1 aromatic heterocycles. The highest BCUT2D eigenvalue weighted by molar-refractivity contribution is 6.00. The van der Waals surface area contributed by atoms with Gasteiger partial charge < -0.3 is 20.4 Å². The number of hydrogen-bond donors (Lipinski definition) is 2. The molecule has 23 heavy (non-hydrogen) atoms. The summed E-state index contributed by atoms with van der Waals surface area (Å²) in [5, 5.41) is 1.10. The van der Waals surface area contributed by atoms with Crippen LogP contribution in [0.2, 0.25) is 0 Å². The van der Waals surface area contributed by atoms with Gasteiger partial charge in [0.25, 0.3) is 0 Å². The van der Waals surface area contributed by atoms with Gasteiger partial charge in [0.2, 0.25) is 11.8 Å². The predicted molar refractivity (Wildman–Crippen MR) is 87.1 cm³/mol. The average Bonchev–Trinajstić information content (AvgIpc) is 2.95. The molecule has 0 saturated carbocycles. The van der Waals surface area contributed by atoms with Crippen LogP contribution >= 0.6 is 0 Å². The Bertz CT molecular complexity index is 738. The van der Waals surface area contributed by atoms with Gasteiger partial charge in [-0.2, -0.15) is 0 Å². The molecular weight excluding hydrogens is 294 g/mol. The van der Waals surface area contributed by atoms with Gasteiger partial charge in [-0.25, -0.2) is 0 Å². The first kappa shape index (κ1) is 15.4. The second-order valence-corrected chi connectivity index (χ2v) is 5.90. The Hall–Kier alpha value is -2.50. The lowest BCUT2D eigenvalue weighted by Gasteiger charge is -2.30. The van der Waals surface area contributed by atoms with Crippen molar-refractivity contribution in [2.24, 2.45) is 11.7 Å². The van der Waals surface area contributed by atoms with Crippen molar-refractivity contribution in [2.45, 2.75) is 19.3 Å². The molecular formula is C17H21N3O3. The van der Waals surface area contributed by atoms with Crippen LogP contribution in [0.3, 0.4) is 0 Å². The molecule has 122 valence electrons. The molecule has 1 unspecified atom stereocenters. The van der Waals surface area contributed by atoms with Crippen LogP contribution in [0, 0.1) is 5.92 Å². The van der Waals surface area contributed by atoms with E-state index >= 15 is 0 Å². The van der Waals surface area contributed by atoms with Crippen molar-refractivity contribution in [3.05, 3.63) is 30.0 Å². The maximum atomic E-state index is 12.3. The van der Waals surface area contributed by atoms with Gasteiger partial charge in [0.05, 0.1) is 7.11 Å². The summed E-state index contributed by atoms with van der Waals surface area (Å²) in [6.07, 6.45) is 4.07. The number of hydrogen-bond acceptors (Lipinski definition) is 3. The highest BCUT2D eigenvalue weighted by Gasteiger charge is 2.32. The highest BCUT2D eigenvalue weighted by atomic mass is 16.5. The van der Waals surface area contributed by atoms with Crippen LogP contribution in [0.4, 0.5) is 0 Å². The number of H-pyrrole nitrogens is 1. The van der Waals surface area contributed by atoms with Crippen LogP contribution in [-0.4, -0.2) is 41.9 Å². The quantitative estimate of drug-likeness (QED) is 0.818. The van der Waals surface area contributed by atoms with Crippen LogP contribution < -0.4 is 10.5 Å². The summed E-state index contributed by atoms with van der Waals surface area (Å²) in [4.78, 5) is 28.6. The van der Waals surface area contributed by atoms with Gasteiger partial charge in [-0.15, -0.1) is 0 Å². The third-order valence-corrected chi connectivity index (χ3v) is 4.50. The van der Waals surface area contributed by atoms with Gasteiger partial charge in [0, 0.05) is 30.2 Å². The van der Waals surface area contributed by atoms with Crippen LogP contribution in [-0.2, 0) is 16.0 Å². The van der Waals surface area contributed by atoms with Gasteiger partial charge in [-0.1, -0.05) is 0 Å². The van der Waals surface area contributed by atoms with Crippen LogP contribution in [0.5, 0.6) is 5.75 Å². The number of nitrogens with zero attached hydrogens (tertiary/aromatic N) is 1. The monoisotopic (exact) mass is 315 g/mol. The predicted octanol–water partition coefficient (Wildman–Crippen LogP) is 1.44. The van der Waals surface area contributed by atoms with Gasteiger partial charge in [-0.3, -0.25) is 9.59 Å². The van der Waals surface area contributed by atoms with Crippen molar-refractivity contribution in [3.63, 3.8) is 0 Å². The summed E-state index contributed by atoms with van der Waals surface area (Å²) in [6.45, 7) is 1.28. The summed E-state index contributed by atoms with van der Waals surface area (Å²) in [5.41, 5.74) is 7.49. The molecule has 1 aliphatic rings. The lowest BCUT2D eigenvalue weighted by atomic mass is 9.96. The Morgan fingerprint density at radius 1 is 1.48 bits per heavy atom. The molecule has 1 fully saturated rings. The van der Waals surface area contributed by atoms with Crippen molar-refractivity contribution in [1.82, 2.24) is 9.88 Å². The first-order chi connectivity index (χ1) is 11.1. The van der Waals surface area contributed by atoms with Crippen LogP contribution in [0.1, 0.15) is 18.4 Å². The fraction of sp³-hybridized carbons (Fsp3) is 0.412. The second-order valence-electron chi connectivity index (χ2n) is 5.90. The van der Waals surface area contributed by atoms with E-state index in [1.54, 1.807) is 12.0 Å². The zero-order valence-electron chi connectivity index (χ0n) is 13.2. The number of piperidine rings is 1. The third kappa shape index (κ3) is 3.02. The number of nitrogens with one attached hydrogen (secondary N) is 1. The normalized spacial score (nSPS) is 18.4. The van der Waals surface area contributed by atoms with Crippen molar-refractivity contribution in [1.29, 1.82) is 0 Å². The molecule has 1 aromatic carbocycles. The van der Waals surface area contributed by atoms with E-state index in [1.165, 1.54) is 0 Å². The number of benzene rings is 1. The smallest absolute Gasteiger partial charge is 0.235 e. The summed E-state index contributed by atoms with van der Waals surface area (Å²) < 4.78 is 5.27. The molecule has 0 spiro atoms. The van der Waals surface area contributed by atoms with E-state index in [4.69, 9.17) is 10.5 Å². The fourth-order valence-corrected chi connectivity index (χ4v) is 3.17. The molecule has 1 saturated heterocycles. The molecule has 2 aromatic rings. The number of aromatic amines is 1. The number of aromatic nitrogens is 1. The summed E-state index contributed by atoms with van der Waals surface area (Å²) in [6, 6.07) is 5.88. The lowest BCUT2D eigenvalue weighted by Crippen LogP contribution is -2.46. The van der Waals surface area contributed by atoms with Crippen LogP contribution in [0.25, 0.3) is 10.9 Å². The minimum atomic E-state index is -0.660. The van der Waals surface area contributed by atoms with E-state index in [0.29, 0.717) is 19.5 Å². The Labute approximate surface area is 134 Å². The van der Waals surface area contributed by atoms with Crippen molar-refractivity contribution >= 4 is 22.7 Å². The number of methoxy groups -OCH3 is 1. The average molecular weight is 315 g/mol. The number of carbonyl (C=O) groups excluding carboxylic acids is 2. The minimum Gasteiger partial charge on any atom is -0.497 e. The molecule has 2 amide bonds. The molecule has 6 heteroatoms. The molecule has 0 bridgehead atoms. The Morgan fingerprint density at radius 3 is 3.04 bits per heavy atom. The first-order valence-electron chi connectivity index (χ1n) is 7.82. The molecule has 6 nitrogen and oxygen atoms in total. The standard InChI is InChI=1S/C17H21N3O3/c1-23-12-4-5-15-14(9-12)11(10-19-15)6-8-20-7-2-3-13(16(18)21)17(20)22/h4-5,9-10,13,19H,2-3,6-8H2,1H3,(H2,18,21). The molecule has 1 aliphatic heterocycles. The number of amides is 2. The third-order valence-electron chi connectivity index (χ3n) is 4.50. The van der Waals surface area contributed by atoms with E-state index in [-0.39, 0.29) is 5.91 Å². The highest BCUT2D eigenvalue weighted by Crippen LogP contribution is 2.25. The molecule has 3 rings (SSSR count). The number of fused-ring (bicyclic) bond motifs is 1. The Morgan fingerprint density at radius 2 is 2.30 bits per heavy atom. The number of ether oxygens (including phenoxy) is 1. The van der Waals surface area contributed by atoms with E-state index in [0.717, 1.165) is 35.1 Å². The van der Waals surface area contributed by atoms with E-state index in [9.17, 15) is 9.59 Å². The fourth-order valence-electron chi connectivity index (χ4n) is 3.17. The molecule has 0 aliphatic carbocycles. The maximum Gasteiger partial charge on any atom is 0.235 e. The summed E-state index contributed by atoms with van der Waals surface area (Å²) in [7, 11) is 1.64. The SMILES string of the molecule is COc1ccc2[nH]cc(CCN3CCCC(C(N)=O)C3=O)c2c1. The molecule has 0 radical (unpaired) electrons. The van der Waals surface area contributed by atoms with Gasteiger partial charge in [0.1, 0.15) is 11.7 Å². The first-order valence-corrected chi connectivity index (χ1v) is 7.82. The Kier molecular flexibility index (Phi) is 4.23. The second kappa shape index (κ2) is 6.32. The van der Waals surface area contributed by atoms with Gasteiger partial charge >= 0.3 is 0 Å². The summed E-state index contributed by atoms with van der Waals surface area (Å²) >= 11 is 0. The zero-order chi connectivity index (χ0) is 16.4.